The normalized spacial score (nSPS) is 14.8. The molecule has 2 N–H and O–H groups in total. The Morgan fingerprint density at radius 3 is 2.44 bits per heavy atom. The van der Waals surface area contributed by atoms with Crippen LogP contribution in [-0.2, 0) is 22.3 Å². The summed E-state index contributed by atoms with van der Waals surface area (Å²) >= 11 is 0. The van der Waals surface area contributed by atoms with Crippen LogP contribution in [0.3, 0.4) is 0 Å². The van der Waals surface area contributed by atoms with Gasteiger partial charge in [0.05, 0.1) is 16.4 Å². The number of amides is 1. The summed E-state index contributed by atoms with van der Waals surface area (Å²) in [5, 5.41) is 11.3. The number of halogens is 3. The summed E-state index contributed by atoms with van der Waals surface area (Å²) in [5.74, 6) is -1.49. The van der Waals surface area contributed by atoms with Crippen molar-refractivity contribution in [3.05, 3.63) is 69.3 Å². The highest BCUT2D eigenvalue weighted by atomic mass is 19.4. The maximum absolute atomic E-state index is 12.9. The van der Waals surface area contributed by atoms with E-state index in [0.29, 0.717) is 30.0 Å². The first-order chi connectivity index (χ1) is 15.1. The van der Waals surface area contributed by atoms with Gasteiger partial charge in [-0.25, -0.2) is 0 Å². The lowest BCUT2D eigenvalue weighted by Crippen LogP contribution is -2.37. The Hall–Kier alpha value is -3.63. The molecule has 1 heterocycles. The predicted molar refractivity (Wildman–Crippen MR) is 108 cm³/mol. The second-order valence-corrected chi connectivity index (χ2v) is 7.39. The molecule has 2 aromatic carbocycles. The standard InChI is InChI=1S/C21H20F3N3O5/c22-21(23,24)16-4-5-17(18(11-16)27(30)31)26-8-6-14(7-9-26)20(29)32-12-13-2-1-3-15(10-13)19(25)28/h1-5,10-11,14H,6-9,12H2,(H2,25,28). The van der Waals surface area contributed by atoms with Gasteiger partial charge >= 0.3 is 12.1 Å². The van der Waals surface area contributed by atoms with E-state index in [1.807, 2.05) is 0 Å². The highest BCUT2D eigenvalue weighted by Crippen LogP contribution is 2.37. The Morgan fingerprint density at radius 2 is 1.84 bits per heavy atom. The number of anilines is 1. The molecular weight excluding hydrogens is 431 g/mol. The molecular formula is C21H20F3N3O5. The van der Waals surface area contributed by atoms with E-state index in [0.717, 1.165) is 12.1 Å². The first-order valence-electron chi connectivity index (χ1n) is 9.72. The number of alkyl halides is 3. The fourth-order valence-corrected chi connectivity index (χ4v) is 3.56. The third-order valence-electron chi connectivity index (χ3n) is 5.26. The van der Waals surface area contributed by atoms with Gasteiger partial charge in [-0.1, -0.05) is 12.1 Å². The molecule has 1 saturated heterocycles. The van der Waals surface area contributed by atoms with Crippen LogP contribution in [0.15, 0.2) is 42.5 Å². The van der Waals surface area contributed by atoms with Crippen molar-refractivity contribution in [3.8, 4) is 0 Å². The third-order valence-corrected chi connectivity index (χ3v) is 5.26. The topological polar surface area (TPSA) is 116 Å². The van der Waals surface area contributed by atoms with Gasteiger partial charge in [-0.2, -0.15) is 13.2 Å². The van der Waals surface area contributed by atoms with Crippen LogP contribution >= 0.6 is 0 Å². The zero-order chi connectivity index (χ0) is 23.5. The van der Waals surface area contributed by atoms with Gasteiger partial charge in [-0.3, -0.25) is 19.7 Å². The molecule has 0 saturated carbocycles. The lowest BCUT2D eigenvalue weighted by atomic mass is 9.96. The van der Waals surface area contributed by atoms with Gasteiger partial charge < -0.3 is 15.4 Å². The Morgan fingerprint density at radius 1 is 1.16 bits per heavy atom. The Labute approximate surface area is 180 Å². The van der Waals surface area contributed by atoms with Crippen molar-refractivity contribution >= 4 is 23.3 Å². The molecule has 1 amide bonds. The minimum absolute atomic E-state index is 0.0372. The van der Waals surface area contributed by atoms with E-state index in [2.05, 4.69) is 0 Å². The predicted octanol–water partition coefficient (Wildman–Crippen LogP) is 3.67. The summed E-state index contributed by atoms with van der Waals surface area (Å²) in [6, 6.07) is 8.81. The van der Waals surface area contributed by atoms with Gasteiger partial charge in [-0.15, -0.1) is 0 Å². The fourth-order valence-electron chi connectivity index (χ4n) is 3.56. The van der Waals surface area contributed by atoms with Gasteiger partial charge in [0.1, 0.15) is 12.3 Å². The van der Waals surface area contributed by atoms with Crippen molar-refractivity contribution in [2.45, 2.75) is 25.6 Å². The largest absolute Gasteiger partial charge is 0.461 e. The molecule has 0 bridgehead atoms. The quantitative estimate of drug-likeness (QED) is 0.407. The summed E-state index contributed by atoms with van der Waals surface area (Å²) in [5.41, 5.74) is 4.49. The Balaban J connectivity index is 1.61. The number of benzene rings is 2. The van der Waals surface area contributed by atoms with E-state index in [1.54, 1.807) is 23.1 Å². The number of esters is 1. The van der Waals surface area contributed by atoms with Gasteiger partial charge in [0.25, 0.3) is 5.69 Å². The van der Waals surface area contributed by atoms with Crippen LogP contribution in [-0.4, -0.2) is 29.9 Å². The first kappa shape index (κ1) is 23.0. The van der Waals surface area contributed by atoms with Crippen LogP contribution in [0, 0.1) is 16.0 Å². The number of hydrogen-bond donors (Lipinski definition) is 1. The molecule has 2 aromatic rings. The lowest BCUT2D eigenvalue weighted by molar-refractivity contribution is -0.384. The van der Waals surface area contributed by atoms with Gasteiger partial charge in [-0.05, 0) is 42.7 Å². The number of carbonyl (C=O) groups excluding carboxylic acids is 2. The average molecular weight is 451 g/mol. The lowest BCUT2D eigenvalue weighted by Gasteiger charge is -2.32. The molecule has 1 fully saturated rings. The van der Waals surface area contributed by atoms with E-state index in [-0.39, 0.29) is 25.4 Å². The average Bonchev–Trinajstić information content (AvgIpc) is 2.76. The summed E-state index contributed by atoms with van der Waals surface area (Å²) in [4.78, 5) is 35.7. The fraction of sp³-hybridized carbons (Fsp3) is 0.333. The summed E-state index contributed by atoms with van der Waals surface area (Å²) in [6.07, 6.45) is -4.02. The third kappa shape index (κ3) is 5.34. The molecule has 0 aliphatic carbocycles. The number of nitrogens with two attached hydrogens (primary N) is 1. The first-order valence-corrected chi connectivity index (χ1v) is 9.72. The second-order valence-electron chi connectivity index (χ2n) is 7.39. The molecule has 0 aromatic heterocycles. The molecule has 170 valence electrons. The molecule has 1 aliphatic heterocycles. The minimum Gasteiger partial charge on any atom is -0.461 e. The molecule has 0 unspecified atom stereocenters. The summed E-state index contributed by atoms with van der Waals surface area (Å²) < 4.78 is 44.0. The van der Waals surface area contributed by atoms with Crippen molar-refractivity contribution in [1.82, 2.24) is 0 Å². The summed E-state index contributed by atoms with van der Waals surface area (Å²) in [6.45, 7) is 0.469. The van der Waals surface area contributed by atoms with Gasteiger partial charge in [0, 0.05) is 24.7 Å². The molecule has 0 radical (unpaired) electrons. The molecule has 0 spiro atoms. The van der Waals surface area contributed by atoms with Crippen LogP contribution in [0.1, 0.15) is 34.3 Å². The maximum Gasteiger partial charge on any atom is 0.416 e. The van der Waals surface area contributed by atoms with Crippen molar-refractivity contribution in [2.24, 2.45) is 11.7 Å². The Kier molecular flexibility index (Phi) is 6.66. The number of piperidine rings is 1. The number of primary amides is 1. The van der Waals surface area contributed by atoms with Gasteiger partial charge in [0.15, 0.2) is 0 Å². The number of rotatable bonds is 6. The highest BCUT2D eigenvalue weighted by Gasteiger charge is 2.35. The van der Waals surface area contributed by atoms with Crippen molar-refractivity contribution in [1.29, 1.82) is 0 Å². The monoisotopic (exact) mass is 451 g/mol. The van der Waals surface area contributed by atoms with Gasteiger partial charge in [0.2, 0.25) is 5.91 Å². The van der Waals surface area contributed by atoms with Crippen molar-refractivity contribution < 1.29 is 32.4 Å². The summed E-state index contributed by atoms with van der Waals surface area (Å²) in [7, 11) is 0. The van der Waals surface area contributed by atoms with E-state index < -0.39 is 40.1 Å². The molecule has 1 aliphatic rings. The van der Waals surface area contributed by atoms with E-state index in [1.165, 1.54) is 6.07 Å². The van der Waals surface area contributed by atoms with Crippen LogP contribution in [0.5, 0.6) is 0 Å². The van der Waals surface area contributed by atoms with E-state index >= 15 is 0 Å². The number of hydrogen-bond acceptors (Lipinski definition) is 6. The maximum atomic E-state index is 12.9. The molecule has 8 nitrogen and oxygen atoms in total. The SMILES string of the molecule is NC(=O)c1cccc(COC(=O)C2CCN(c3ccc(C(F)(F)F)cc3[N+](=O)[O-])CC2)c1. The van der Waals surface area contributed by atoms with Crippen molar-refractivity contribution in [2.75, 3.05) is 18.0 Å². The molecule has 11 heteroatoms. The zero-order valence-corrected chi connectivity index (χ0v) is 16.8. The smallest absolute Gasteiger partial charge is 0.416 e. The van der Waals surface area contributed by atoms with Crippen LogP contribution in [0.2, 0.25) is 0 Å². The molecule has 32 heavy (non-hydrogen) atoms. The van der Waals surface area contributed by atoms with Crippen LogP contribution in [0.25, 0.3) is 0 Å². The molecule has 3 rings (SSSR count). The minimum atomic E-state index is -4.68. The highest BCUT2D eigenvalue weighted by molar-refractivity contribution is 5.92. The van der Waals surface area contributed by atoms with Crippen LogP contribution in [0.4, 0.5) is 24.5 Å². The number of carbonyl (C=O) groups is 2. The number of nitro groups is 1. The van der Waals surface area contributed by atoms with E-state index in [4.69, 9.17) is 10.5 Å². The van der Waals surface area contributed by atoms with E-state index in [9.17, 15) is 32.9 Å². The second kappa shape index (κ2) is 9.25. The number of nitro benzene ring substituents is 1. The number of nitrogens with zero attached hydrogens (tertiary/aromatic N) is 2. The zero-order valence-electron chi connectivity index (χ0n) is 16.8. The Bertz CT molecular complexity index is 1030. The van der Waals surface area contributed by atoms with Crippen molar-refractivity contribution in [3.63, 3.8) is 0 Å². The van der Waals surface area contributed by atoms with Crippen LogP contribution < -0.4 is 10.6 Å². The molecule has 0 atom stereocenters. The number of ether oxygens (including phenoxy) is 1.